The first-order chi connectivity index (χ1) is 16.4. The van der Waals surface area contributed by atoms with Gasteiger partial charge in [0.25, 0.3) is 0 Å². The van der Waals surface area contributed by atoms with Crippen molar-refractivity contribution in [3.05, 3.63) is 75.5 Å². The number of benzene rings is 3. The number of nitrogens with one attached hydrogen (secondary N) is 1. The summed E-state index contributed by atoms with van der Waals surface area (Å²) < 4.78 is 2.44. The predicted octanol–water partition coefficient (Wildman–Crippen LogP) is 5.49. The number of carbonyl (C=O) groups is 2. The molecule has 1 amide bonds. The zero-order valence-electron chi connectivity index (χ0n) is 17.7. The quantitative estimate of drug-likeness (QED) is 0.216. The summed E-state index contributed by atoms with van der Waals surface area (Å²) in [5.74, 6) is -0.690. The Labute approximate surface area is 261 Å². The van der Waals surface area contributed by atoms with Gasteiger partial charge in [0.1, 0.15) is 0 Å². The Morgan fingerprint density at radius 1 is 1.11 bits per heavy atom. The number of anilines is 1. The van der Waals surface area contributed by atoms with Crippen molar-refractivity contribution in [1.82, 2.24) is 14.8 Å². The molecular formula is C24H19BrClKN4O3S. The third-order valence-corrected chi connectivity index (χ3v) is 7.36. The number of hydrogen-bond donors (Lipinski definition) is 2. The van der Waals surface area contributed by atoms with E-state index in [0.717, 1.165) is 11.1 Å². The average molecular weight is 598 g/mol. The number of aromatic nitrogens is 3. The molecule has 0 atom stereocenters. The first-order valence-electron chi connectivity index (χ1n) is 10.5. The molecule has 0 spiro atoms. The number of halogens is 2. The van der Waals surface area contributed by atoms with Crippen molar-refractivity contribution in [2.45, 2.75) is 23.9 Å². The van der Waals surface area contributed by atoms with Gasteiger partial charge >= 0.3 is 57.4 Å². The number of thioether (sulfide) groups is 1. The third-order valence-electron chi connectivity index (χ3n) is 5.61. The Morgan fingerprint density at radius 3 is 2.54 bits per heavy atom. The molecule has 1 heterocycles. The van der Waals surface area contributed by atoms with Gasteiger partial charge in [-0.3, -0.25) is 9.36 Å². The van der Waals surface area contributed by atoms with Crippen LogP contribution >= 0.6 is 39.3 Å². The van der Waals surface area contributed by atoms with E-state index >= 15 is 0 Å². The summed E-state index contributed by atoms with van der Waals surface area (Å²) in [5.41, 5.74) is 2.70. The molecule has 3 aromatic carbocycles. The molecule has 0 unspecified atom stereocenters. The topological polar surface area (TPSA) is 97.1 Å². The van der Waals surface area contributed by atoms with Crippen LogP contribution in [0.3, 0.4) is 0 Å². The van der Waals surface area contributed by atoms with Crippen LogP contribution in [-0.2, 0) is 4.79 Å². The van der Waals surface area contributed by atoms with Crippen LogP contribution < -0.4 is 5.32 Å². The number of carbonyl (C=O) groups excluding carboxylic acids is 1. The van der Waals surface area contributed by atoms with Gasteiger partial charge < -0.3 is 10.4 Å². The number of amides is 1. The van der Waals surface area contributed by atoms with Gasteiger partial charge in [-0.1, -0.05) is 53.7 Å². The molecule has 2 N–H and O–H groups in total. The van der Waals surface area contributed by atoms with Gasteiger partial charge in [0, 0.05) is 5.39 Å². The minimum atomic E-state index is -1.09. The van der Waals surface area contributed by atoms with Crippen molar-refractivity contribution >= 4 is 119 Å². The monoisotopic (exact) mass is 596 g/mol. The van der Waals surface area contributed by atoms with Crippen LogP contribution in [0.15, 0.2) is 64.5 Å². The molecule has 0 bridgehead atoms. The van der Waals surface area contributed by atoms with E-state index in [1.807, 2.05) is 16.7 Å². The molecule has 7 nitrogen and oxygen atoms in total. The zero-order chi connectivity index (χ0) is 23.8. The molecule has 1 saturated carbocycles. The van der Waals surface area contributed by atoms with Gasteiger partial charge in [0.15, 0.2) is 5.16 Å². The molecule has 11 heteroatoms. The standard InChI is InChI=1S/C24H18BrClN4O3S.K.H/c25-23-28-29-24(34-12-21(31)27-19-9-7-14(22(32)33)11-18(19)26)30(23)20-10-8-15(13-5-6-13)16-3-1-2-4-17(16)20;;/h1-4,7-11,13H,5-6,12H2,(H,27,31)(H,32,33);;. The second kappa shape index (κ2) is 11.4. The van der Waals surface area contributed by atoms with Gasteiger partial charge in [-0.2, -0.15) is 0 Å². The normalized spacial score (nSPS) is 12.9. The molecule has 5 rings (SSSR count). The summed E-state index contributed by atoms with van der Waals surface area (Å²) in [7, 11) is 0. The third kappa shape index (κ3) is 5.85. The Bertz CT molecular complexity index is 1440. The molecule has 0 aliphatic heterocycles. The van der Waals surface area contributed by atoms with E-state index in [-0.39, 0.29) is 73.6 Å². The van der Waals surface area contributed by atoms with Crippen molar-refractivity contribution in [2.75, 3.05) is 11.1 Å². The van der Waals surface area contributed by atoms with E-state index in [1.54, 1.807) is 0 Å². The van der Waals surface area contributed by atoms with E-state index < -0.39 is 5.97 Å². The molecule has 1 aliphatic rings. The molecule has 0 saturated heterocycles. The fourth-order valence-corrected chi connectivity index (χ4v) is 5.39. The molecule has 35 heavy (non-hydrogen) atoms. The van der Waals surface area contributed by atoms with Crippen molar-refractivity contribution in [2.24, 2.45) is 0 Å². The first-order valence-corrected chi connectivity index (χ1v) is 12.7. The summed E-state index contributed by atoms with van der Waals surface area (Å²) in [6.45, 7) is 0. The number of aromatic carboxylic acids is 1. The molecular weight excluding hydrogens is 579 g/mol. The van der Waals surface area contributed by atoms with Crippen LogP contribution in [0.4, 0.5) is 5.69 Å². The molecule has 174 valence electrons. The Hall–Kier alpha value is -1.24. The average Bonchev–Trinajstić information content (AvgIpc) is 3.61. The summed E-state index contributed by atoms with van der Waals surface area (Å²) in [6.07, 6.45) is 2.44. The van der Waals surface area contributed by atoms with E-state index in [1.165, 1.54) is 53.8 Å². The van der Waals surface area contributed by atoms with Crippen LogP contribution in [0.1, 0.15) is 34.7 Å². The molecule has 0 radical (unpaired) electrons. The van der Waals surface area contributed by atoms with Crippen LogP contribution in [0, 0.1) is 0 Å². The van der Waals surface area contributed by atoms with Crippen molar-refractivity contribution in [3.63, 3.8) is 0 Å². The van der Waals surface area contributed by atoms with E-state index in [4.69, 9.17) is 16.7 Å². The van der Waals surface area contributed by atoms with Crippen LogP contribution in [0.5, 0.6) is 0 Å². The maximum atomic E-state index is 12.6. The van der Waals surface area contributed by atoms with E-state index in [9.17, 15) is 9.59 Å². The Kier molecular flexibility index (Phi) is 8.76. The predicted molar refractivity (Wildman–Crippen MR) is 143 cm³/mol. The van der Waals surface area contributed by atoms with Crippen LogP contribution in [0.2, 0.25) is 5.02 Å². The fourth-order valence-electron chi connectivity index (χ4n) is 3.87. The van der Waals surface area contributed by atoms with E-state index in [0.29, 0.717) is 21.5 Å². The van der Waals surface area contributed by atoms with Crippen LogP contribution in [0.25, 0.3) is 16.5 Å². The van der Waals surface area contributed by atoms with E-state index in [2.05, 4.69) is 55.7 Å². The van der Waals surface area contributed by atoms with Gasteiger partial charge in [-0.25, -0.2) is 4.79 Å². The zero-order valence-corrected chi connectivity index (χ0v) is 20.8. The van der Waals surface area contributed by atoms with Gasteiger partial charge in [0.2, 0.25) is 10.6 Å². The number of rotatable bonds is 7. The first kappa shape index (κ1) is 26.8. The number of carboxylic acid groups (broad SMARTS) is 1. The maximum absolute atomic E-state index is 12.6. The molecule has 4 aromatic rings. The Morgan fingerprint density at radius 2 is 1.86 bits per heavy atom. The second-order valence-corrected chi connectivity index (χ2v) is 9.98. The fraction of sp³-hybridized carbons (Fsp3) is 0.167. The SMILES string of the molecule is O=C(CSc1nnc(Br)n1-c1ccc(C2CC2)c2ccccc12)Nc1ccc(C(=O)O)cc1Cl.[KH]. The molecule has 1 aromatic heterocycles. The minimum absolute atomic E-state index is 0. The van der Waals surface area contributed by atoms with Crippen molar-refractivity contribution in [3.8, 4) is 5.69 Å². The van der Waals surface area contributed by atoms with Gasteiger partial charge in [-0.15, -0.1) is 10.2 Å². The summed E-state index contributed by atoms with van der Waals surface area (Å²) in [6, 6.07) is 16.7. The number of fused-ring (bicyclic) bond motifs is 1. The van der Waals surface area contributed by atoms with Gasteiger partial charge in [-0.05, 0) is 69.9 Å². The Balaban J connectivity index is 0.00000289. The number of carboxylic acids is 1. The second-order valence-electron chi connectivity index (χ2n) is 7.92. The van der Waals surface area contributed by atoms with Crippen LogP contribution in [-0.4, -0.2) is 88.9 Å². The van der Waals surface area contributed by atoms with Crippen molar-refractivity contribution < 1.29 is 14.7 Å². The molecule has 1 aliphatic carbocycles. The molecule has 1 fully saturated rings. The number of hydrogen-bond acceptors (Lipinski definition) is 5. The summed E-state index contributed by atoms with van der Waals surface area (Å²) >= 11 is 10.9. The summed E-state index contributed by atoms with van der Waals surface area (Å²) in [4.78, 5) is 23.6. The van der Waals surface area contributed by atoms with Gasteiger partial charge in [0.05, 0.1) is 27.7 Å². The summed E-state index contributed by atoms with van der Waals surface area (Å²) in [5, 5.41) is 23.2. The number of nitrogens with zero attached hydrogens (tertiary/aromatic N) is 3. The van der Waals surface area contributed by atoms with Crippen molar-refractivity contribution in [1.29, 1.82) is 0 Å².